The van der Waals surface area contributed by atoms with Crippen LogP contribution in [0.2, 0.25) is 0 Å². The van der Waals surface area contributed by atoms with Crippen molar-refractivity contribution in [1.29, 1.82) is 0 Å². The fourth-order valence-corrected chi connectivity index (χ4v) is 5.24. The SMILES string of the molecule is CN1CCN(c2ccc(Nc3ncc4c(F)c(C5CC5)n(-c5cccc(N=S(C)(C)=O)n5)c4n3)cn2)CC1. The molecule has 1 saturated carbocycles. The molecular weight excluding hydrogens is 505 g/mol. The Morgan fingerprint density at radius 2 is 1.79 bits per heavy atom. The summed E-state index contributed by atoms with van der Waals surface area (Å²) in [5, 5.41) is 3.54. The highest BCUT2D eigenvalue weighted by molar-refractivity contribution is 7.92. The second kappa shape index (κ2) is 9.59. The molecule has 12 heteroatoms. The Balaban J connectivity index is 1.35. The molecule has 2 fully saturated rings. The third-order valence-corrected chi connectivity index (χ3v) is 7.37. The van der Waals surface area contributed by atoms with Crippen molar-refractivity contribution in [3.8, 4) is 5.82 Å². The number of fused-ring (bicyclic) bond motifs is 1. The third kappa shape index (κ3) is 5.05. The second-order valence-corrected chi connectivity index (χ2v) is 12.7. The van der Waals surface area contributed by atoms with E-state index < -0.39 is 9.73 Å². The number of nitrogens with zero attached hydrogens (tertiary/aromatic N) is 8. The van der Waals surface area contributed by atoms with Gasteiger partial charge in [0.05, 0.1) is 23.0 Å². The molecule has 38 heavy (non-hydrogen) atoms. The Morgan fingerprint density at radius 3 is 2.47 bits per heavy atom. The zero-order valence-electron chi connectivity index (χ0n) is 21.6. The van der Waals surface area contributed by atoms with Crippen LogP contribution < -0.4 is 10.2 Å². The largest absolute Gasteiger partial charge is 0.354 e. The lowest BCUT2D eigenvalue weighted by Crippen LogP contribution is -2.44. The molecule has 0 atom stereocenters. The fourth-order valence-electron chi connectivity index (χ4n) is 4.68. The van der Waals surface area contributed by atoms with E-state index in [-0.39, 0.29) is 11.7 Å². The summed E-state index contributed by atoms with van der Waals surface area (Å²) in [7, 11) is -0.273. The minimum absolute atomic E-state index is 0.0934. The summed E-state index contributed by atoms with van der Waals surface area (Å²) in [6.45, 7) is 3.91. The van der Waals surface area contributed by atoms with Gasteiger partial charge in [-0.15, -0.1) is 0 Å². The van der Waals surface area contributed by atoms with E-state index in [4.69, 9.17) is 4.98 Å². The summed E-state index contributed by atoms with van der Waals surface area (Å²) in [5.74, 6) is 1.85. The van der Waals surface area contributed by atoms with Crippen LogP contribution in [0.25, 0.3) is 16.9 Å². The molecule has 0 aromatic carbocycles. The lowest BCUT2D eigenvalue weighted by atomic mass is 10.2. The number of anilines is 3. The van der Waals surface area contributed by atoms with Gasteiger partial charge in [-0.3, -0.25) is 4.57 Å². The van der Waals surface area contributed by atoms with Crippen molar-refractivity contribution >= 4 is 44.0 Å². The van der Waals surface area contributed by atoms with Gasteiger partial charge in [-0.2, -0.15) is 9.35 Å². The molecular formula is C26H30FN9OS. The van der Waals surface area contributed by atoms with Crippen LogP contribution in [0, 0.1) is 5.82 Å². The van der Waals surface area contributed by atoms with E-state index in [1.165, 1.54) is 6.20 Å². The molecule has 0 radical (unpaired) electrons. The van der Waals surface area contributed by atoms with E-state index in [9.17, 15) is 4.21 Å². The van der Waals surface area contributed by atoms with Crippen molar-refractivity contribution < 1.29 is 8.60 Å². The van der Waals surface area contributed by atoms with Gasteiger partial charge in [-0.25, -0.2) is 23.6 Å². The highest BCUT2D eigenvalue weighted by Gasteiger charge is 2.34. The first-order valence-electron chi connectivity index (χ1n) is 12.6. The Morgan fingerprint density at radius 1 is 1.00 bits per heavy atom. The van der Waals surface area contributed by atoms with Crippen LogP contribution in [0.5, 0.6) is 0 Å². The van der Waals surface area contributed by atoms with Crippen molar-refractivity contribution in [2.45, 2.75) is 18.8 Å². The molecule has 4 aromatic rings. The normalized spacial score (nSPS) is 16.7. The molecule has 5 heterocycles. The molecule has 6 rings (SSSR count). The van der Waals surface area contributed by atoms with Crippen LogP contribution in [0.15, 0.2) is 47.1 Å². The smallest absolute Gasteiger partial charge is 0.229 e. The average molecular weight is 536 g/mol. The molecule has 2 aliphatic rings. The van der Waals surface area contributed by atoms with E-state index in [0.29, 0.717) is 34.3 Å². The quantitative estimate of drug-likeness (QED) is 0.394. The molecule has 0 amide bonds. The molecule has 0 spiro atoms. The van der Waals surface area contributed by atoms with Crippen molar-refractivity contribution in [1.82, 2.24) is 29.4 Å². The number of pyridine rings is 2. The van der Waals surface area contributed by atoms with Crippen LogP contribution in [-0.4, -0.2) is 79.4 Å². The van der Waals surface area contributed by atoms with Crippen molar-refractivity contribution in [3.63, 3.8) is 0 Å². The predicted octanol–water partition coefficient (Wildman–Crippen LogP) is 4.08. The Bertz CT molecular complexity index is 1610. The fraction of sp³-hybridized carbons (Fsp3) is 0.385. The summed E-state index contributed by atoms with van der Waals surface area (Å²) in [4.78, 5) is 22.9. The number of halogens is 1. The van der Waals surface area contributed by atoms with Gasteiger partial charge in [0, 0.05) is 60.5 Å². The van der Waals surface area contributed by atoms with E-state index in [0.717, 1.165) is 50.5 Å². The van der Waals surface area contributed by atoms with Gasteiger partial charge in [-0.05, 0) is 44.2 Å². The van der Waals surface area contributed by atoms with E-state index in [1.54, 1.807) is 41.5 Å². The molecule has 1 saturated heterocycles. The first kappa shape index (κ1) is 24.7. The number of hydrogen-bond acceptors (Lipinski definition) is 9. The monoisotopic (exact) mass is 535 g/mol. The van der Waals surface area contributed by atoms with Crippen LogP contribution in [0.4, 0.5) is 27.7 Å². The van der Waals surface area contributed by atoms with Crippen LogP contribution in [0.1, 0.15) is 24.5 Å². The van der Waals surface area contributed by atoms with Crippen molar-refractivity contribution in [2.75, 3.05) is 56.0 Å². The summed E-state index contributed by atoms with van der Waals surface area (Å²) in [6.07, 6.45) is 8.18. The lowest BCUT2D eigenvalue weighted by Gasteiger charge is -2.33. The number of aromatic nitrogens is 5. The zero-order chi connectivity index (χ0) is 26.4. The molecule has 1 N–H and O–H groups in total. The Hall–Kier alpha value is -3.64. The molecule has 1 aliphatic carbocycles. The highest BCUT2D eigenvalue weighted by atomic mass is 32.2. The maximum atomic E-state index is 15.6. The third-order valence-electron chi connectivity index (χ3n) is 6.74. The number of hydrogen-bond donors (Lipinski definition) is 1. The van der Waals surface area contributed by atoms with Gasteiger partial charge >= 0.3 is 0 Å². The van der Waals surface area contributed by atoms with Crippen LogP contribution in [-0.2, 0) is 9.73 Å². The maximum absolute atomic E-state index is 15.6. The molecule has 10 nitrogen and oxygen atoms in total. The standard InChI is InChI=1S/C26H30FN9OS/c1-34-11-13-35(14-12-34)21-10-9-18(15-28-21)30-26-29-16-19-23(27)24(17-7-8-17)36(25(19)32-26)22-6-4-5-20(31-22)33-38(2,3)37/h4-6,9-10,15-17H,7-8,11-14H2,1-3H3,(H,29,30,32). The first-order valence-corrected chi connectivity index (χ1v) is 15.0. The molecule has 4 aromatic heterocycles. The summed E-state index contributed by atoms with van der Waals surface area (Å²) in [5.41, 5.74) is 1.70. The summed E-state index contributed by atoms with van der Waals surface area (Å²) >= 11 is 0. The average Bonchev–Trinajstić information content (AvgIpc) is 3.68. The summed E-state index contributed by atoms with van der Waals surface area (Å²) in [6, 6.07) is 9.19. The van der Waals surface area contributed by atoms with Crippen LogP contribution in [0.3, 0.4) is 0 Å². The predicted molar refractivity (Wildman–Crippen MR) is 148 cm³/mol. The highest BCUT2D eigenvalue weighted by Crippen LogP contribution is 2.45. The molecule has 1 aliphatic heterocycles. The Kier molecular flexibility index (Phi) is 6.23. The van der Waals surface area contributed by atoms with Gasteiger partial charge in [0.25, 0.3) is 0 Å². The van der Waals surface area contributed by atoms with Gasteiger partial charge in [0.1, 0.15) is 11.6 Å². The first-order chi connectivity index (χ1) is 18.2. The van der Waals surface area contributed by atoms with Gasteiger partial charge in [0.2, 0.25) is 5.95 Å². The van der Waals surface area contributed by atoms with Crippen LogP contribution >= 0.6 is 0 Å². The Labute approximate surface area is 221 Å². The van der Waals surface area contributed by atoms with Crippen molar-refractivity contribution in [3.05, 3.63) is 54.2 Å². The van der Waals surface area contributed by atoms with Gasteiger partial charge < -0.3 is 15.1 Å². The topological polar surface area (TPSA) is 104 Å². The minimum Gasteiger partial charge on any atom is -0.354 e. The number of rotatable bonds is 6. The summed E-state index contributed by atoms with van der Waals surface area (Å²) < 4.78 is 33.8. The lowest BCUT2D eigenvalue weighted by molar-refractivity contribution is 0.312. The second-order valence-electron chi connectivity index (χ2n) is 10.2. The molecule has 198 valence electrons. The van der Waals surface area contributed by atoms with E-state index in [1.807, 2.05) is 12.1 Å². The van der Waals surface area contributed by atoms with Gasteiger partial charge in [-0.1, -0.05) is 6.07 Å². The molecule has 0 bridgehead atoms. The van der Waals surface area contributed by atoms with E-state index in [2.05, 4.69) is 41.5 Å². The number of likely N-dealkylation sites (N-methyl/N-ethyl adjacent to an activating group) is 1. The number of piperazine rings is 1. The minimum atomic E-state index is -2.40. The number of nitrogens with one attached hydrogen (secondary N) is 1. The molecule has 0 unspecified atom stereocenters. The maximum Gasteiger partial charge on any atom is 0.229 e. The van der Waals surface area contributed by atoms with E-state index >= 15 is 4.39 Å². The zero-order valence-corrected chi connectivity index (χ0v) is 22.5. The van der Waals surface area contributed by atoms with Crippen molar-refractivity contribution in [2.24, 2.45) is 4.36 Å². The van der Waals surface area contributed by atoms with Gasteiger partial charge in [0.15, 0.2) is 17.3 Å².